The fourth-order valence-electron chi connectivity index (χ4n) is 1.07. The second-order valence-corrected chi connectivity index (χ2v) is 2.74. The lowest BCUT2D eigenvalue weighted by Crippen LogP contribution is -1.88. The molecule has 3 nitrogen and oxygen atoms in total. The van der Waals surface area contributed by atoms with Crippen LogP contribution in [0.2, 0.25) is 0 Å². The highest BCUT2D eigenvalue weighted by Crippen LogP contribution is 2.21. The van der Waals surface area contributed by atoms with E-state index in [1.54, 1.807) is 32.4 Å². The summed E-state index contributed by atoms with van der Waals surface area (Å²) in [6, 6.07) is 7.33. The Morgan fingerprint density at radius 2 is 1.73 bits per heavy atom. The quantitative estimate of drug-likeness (QED) is 0.687. The van der Waals surface area contributed by atoms with Crippen molar-refractivity contribution < 1.29 is 9.47 Å². The van der Waals surface area contributed by atoms with Crippen molar-refractivity contribution in [1.29, 1.82) is 5.26 Å². The van der Waals surface area contributed by atoms with Crippen LogP contribution in [0, 0.1) is 23.2 Å². The van der Waals surface area contributed by atoms with Crippen molar-refractivity contribution in [3.63, 3.8) is 0 Å². The summed E-state index contributed by atoms with van der Waals surface area (Å²) in [4.78, 5) is 0. The maximum Gasteiger partial charge on any atom is 0.123 e. The fraction of sp³-hybridized carbons (Fsp3) is 0.250. The number of hydrogen-bond acceptors (Lipinski definition) is 3. The van der Waals surface area contributed by atoms with Gasteiger partial charge in [-0.3, -0.25) is 0 Å². The minimum absolute atomic E-state index is 0.222. The normalized spacial score (nSPS) is 8.33. The van der Waals surface area contributed by atoms with Gasteiger partial charge in [0.15, 0.2) is 0 Å². The minimum Gasteiger partial charge on any atom is -0.497 e. The van der Waals surface area contributed by atoms with E-state index < -0.39 is 0 Å². The molecule has 1 aromatic rings. The zero-order chi connectivity index (χ0) is 11.1. The van der Waals surface area contributed by atoms with Crippen LogP contribution in [-0.4, -0.2) is 14.2 Å². The first-order valence-corrected chi connectivity index (χ1v) is 4.39. The molecule has 0 saturated heterocycles. The molecule has 0 radical (unpaired) electrons. The molecule has 0 bridgehead atoms. The third-order valence-electron chi connectivity index (χ3n) is 1.75. The molecular weight excluding hydrogens is 190 g/mol. The van der Waals surface area contributed by atoms with Crippen molar-refractivity contribution in [2.24, 2.45) is 0 Å². The van der Waals surface area contributed by atoms with Crippen LogP contribution in [0.4, 0.5) is 0 Å². The second kappa shape index (κ2) is 5.57. The lowest BCUT2D eigenvalue weighted by atomic mass is 10.2. The van der Waals surface area contributed by atoms with Gasteiger partial charge in [0.1, 0.15) is 11.5 Å². The third kappa shape index (κ3) is 3.25. The first kappa shape index (κ1) is 10.9. The van der Waals surface area contributed by atoms with Crippen molar-refractivity contribution in [3.05, 3.63) is 23.8 Å². The average molecular weight is 201 g/mol. The highest BCUT2D eigenvalue weighted by atomic mass is 16.5. The molecule has 0 N–H and O–H groups in total. The van der Waals surface area contributed by atoms with Crippen LogP contribution >= 0.6 is 0 Å². The van der Waals surface area contributed by atoms with Gasteiger partial charge in [-0.05, 0) is 12.1 Å². The summed E-state index contributed by atoms with van der Waals surface area (Å²) in [7, 11) is 3.17. The van der Waals surface area contributed by atoms with Gasteiger partial charge in [0, 0.05) is 11.6 Å². The van der Waals surface area contributed by atoms with Crippen molar-refractivity contribution in [1.82, 2.24) is 0 Å². The van der Waals surface area contributed by atoms with Crippen LogP contribution in [0.25, 0.3) is 0 Å². The number of rotatable bonds is 2. The van der Waals surface area contributed by atoms with Gasteiger partial charge in [0.25, 0.3) is 0 Å². The van der Waals surface area contributed by atoms with E-state index >= 15 is 0 Å². The molecule has 0 fully saturated rings. The summed E-state index contributed by atoms with van der Waals surface area (Å²) >= 11 is 0. The molecule has 1 rings (SSSR count). The molecule has 0 spiro atoms. The molecule has 1 aromatic carbocycles. The van der Waals surface area contributed by atoms with Gasteiger partial charge < -0.3 is 9.47 Å². The highest BCUT2D eigenvalue weighted by Gasteiger charge is 1.98. The minimum atomic E-state index is 0.222. The van der Waals surface area contributed by atoms with Crippen LogP contribution in [-0.2, 0) is 0 Å². The van der Waals surface area contributed by atoms with Gasteiger partial charge >= 0.3 is 0 Å². The van der Waals surface area contributed by atoms with Gasteiger partial charge in [0.05, 0.1) is 26.7 Å². The number of nitrogens with zero attached hydrogens (tertiary/aromatic N) is 1. The van der Waals surface area contributed by atoms with Gasteiger partial charge in [-0.1, -0.05) is 11.8 Å². The number of ether oxygens (including phenoxy) is 2. The average Bonchev–Trinajstić information content (AvgIpc) is 2.29. The summed E-state index contributed by atoms with van der Waals surface area (Å²) in [5.41, 5.74) is 0.779. The maximum absolute atomic E-state index is 8.34. The Hall–Kier alpha value is -2.13. The van der Waals surface area contributed by atoms with Crippen molar-refractivity contribution in [2.45, 2.75) is 6.42 Å². The van der Waals surface area contributed by atoms with E-state index in [4.69, 9.17) is 14.7 Å². The van der Waals surface area contributed by atoms with E-state index in [0.717, 1.165) is 5.56 Å². The third-order valence-corrected chi connectivity index (χ3v) is 1.75. The van der Waals surface area contributed by atoms with Crippen LogP contribution in [0.5, 0.6) is 11.5 Å². The molecule has 0 aliphatic heterocycles. The molecule has 0 aromatic heterocycles. The fourth-order valence-corrected chi connectivity index (χ4v) is 1.07. The first-order chi connectivity index (χ1) is 7.30. The monoisotopic (exact) mass is 201 g/mol. The number of hydrogen-bond donors (Lipinski definition) is 0. The van der Waals surface area contributed by atoms with Crippen molar-refractivity contribution in [3.8, 4) is 29.4 Å². The Morgan fingerprint density at radius 3 is 2.20 bits per heavy atom. The molecule has 0 saturated carbocycles. The molecule has 0 heterocycles. The van der Waals surface area contributed by atoms with E-state index in [1.807, 2.05) is 6.07 Å². The highest BCUT2D eigenvalue weighted by molar-refractivity contribution is 5.46. The van der Waals surface area contributed by atoms with E-state index in [-0.39, 0.29) is 6.42 Å². The van der Waals surface area contributed by atoms with E-state index in [0.29, 0.717) is 11.5 Å². The van der Waals surface area contributed by atoms with E-state index in [2.05, 4.69) is 11.8 Å². The Bertz CT molecular complexity index is 413. The van der Waals surface area contributed by atoms with Gasteiger partial charge in [-0.2, -0.15) is 5.26 Å². The SMILES string of the molecule is COc1cc(C#CCC#N)cc(OC)c1. The standard InChI is InChI=1S/C12H11NO2/c1-14-11-7-10(5-3-4-6-13)8-12(9-11)15-2/h7-9H,4H2,1-2H3. The number of methoxy groups -OCH3 is 2. The molecular formula is C12H11NO2. The number of benzene rings is 1. The molecule has 0 aliphatic carbocycles. The lowest BCUT2D eigenvalue weighted by molar-refractivity contribution is 0.394. The summed E-state index contributed by atoms with van der Waals surface area (Å²) in [5.74, 6) is 6.98. The Morgan fingerprint density at radius 1 is 1.13 bits per heavy atom. The number of nitriles is 1. The van der Waals surface area contributed by atoms with Crippen molar-refractivity contribution in [2.75, 3.05) is 14.2 Å². The van der Waals surface area contributed by atoms with Crippen molar-refractivity contribution >= 4 is 0 Å². The summed E-state index contributed by atoms with van der Waals surface area (Å²) < 4.78 is 10.2. The Labute approximate surface area is 89.2 Å². The van der Waals surface area contributed by atoms with Crippen LogP contribution < -0.4 is 9.47 Å². The second-order valence-electron chi connectivity index (χ2n) is 2.74. The predicted octanol–water partition coefficient (Wildman–Crippen LogP) is 1.97. The maximum atomic E-state index is 8.34. The first-order valence-electron chi connectivity index (χ1n) is 4.39. The van der Waals surface area contributed by atoms with Crippen LogP contribution in [0.3, 0.4) is 0 Å². The lowest BCUT2D eigenvalue weighted by Gasteiger charge is -2.04. The van der Waals surface area contributed by atoms with Gasteiger partial charge in [-0.25, -0.2) is 0 Å². The van der Waals surface area contributed by atoms with Gasteiger partial charge in [-0.15, -0.1) is 0 Å². The largest absolute Gasteiger partial charge is 0.497 e. The zero-order valence-electron chi connectivity index (χ0n) is 8.70. The summed E-state index contributed by atoms with van der Waals surface area (Å²) in [6.07, 6.45) is 0.222. The molecule has 0 aliphatic rings. The smallest absolute Gasteiger partial charge is 0.123 e. The topological polar surface area (TPSA) is 42.2 Å². The summed E-state index contributed by atoms with van der Waals surface area (Å²) in [6.45, 7) is 0. The Kier molecular flexibility index (Phi) is 4.06. The van der Waals surface area contributed by atoms with Crippen LogP contribution in [0.15, 0.2) is 18.2 Å². The molecule has 15 heavy (non-hydrogen) atoms. The Balaban J connectivity index is 2.99. The molecule has 0 unspecified atom stereocenters. The molecule has 76 valence electrons. The zero-order valence-corrected chi connectivity index (χ0v) is 8.70. The molecule has 3 heteroatoms. The van der Waals surface area contributed by atoms with E-state index in [1.165, 1.54) is 0 Å². The molecule has 0 atom stereocenters. The summed E-state index contributed by atoms with van der Waals surface area (Å²) in [5, 5.41) is 8.34. The molecule has 0 amide bonds. The van der Waals surface area contributed by atoms with Gasteiger partial charge in [0.2, 0.25) is 0 Å². The van der Waals surface area contributed by atoms with Crippen LogP contribution in [0.1, 0.15) is 12.0 Å². The predicted molar refractivity (Wildman–Crippen MR) is 56.7 cm³/mol. The van der Waals surface area contributed by atoms with E-state index in [9.17, 15) is 0 Å².